The zero-order valence-corrected chi connectivity index (χ0v) is 7.78. The molecule has 1 aromatic carbocycles. The minimum atomic E-state index is -1.64. The number of hydrogen-bond donors (Lipinski definition) is 2. The van der Waals surface area contributed by atoms with E-state index in [9.17, 15) is 14.0 Å². The smallest absolute Gasteiger partial charge is 0.394 e. The zero-order valence-electron chi connectivity index (χ0n) is 7.78. The van der Waals surface area contributed by atoms with Gasteiger partial charge in [-0.15, -0.1) is 0 Å². The fraction of sp³-hybridized carbons (Fsp3) is 0.111. The molecule has 0 aliphatic carbocycles. The first-order valence-corrected chi connectivity index (χ1v) is 3.92. The van der Waals surface area contributed by atoms with Crippen LogP contribution in [0.1, 0.15) is 0 Å². The molecule has 0 spiro atoms. The van der Waals surface area contributed by atoms with Crippen LogP contribution in [0, 0.1) is 5.82 Å². The third kappa shape index (κ3) is 2.94. The van der Waals surface area contributed by atoms with Gasteiger partial charge in [0, 0.05) is 17.8 Å². The van der Waals surface area contributed by atoms with Crippen LogP contribution in [-0.4, -0.2) is 24.1 Å². The predicted molar refractivity (Wildman–Crippen MR) is 49.2 cm³/mol. The maximum absolute atomic E-state index is 12.9. The Labute approximate surface area is 84.5 Å². The van der Waals surface area contributed by atoms with E-state index in [0.29, 0.717) is 0 Å². The summed E-state index contributed by atoms with van der Waals surface area (Å²) in [5.74, 6) is -3.31. The lowest BCUT2D eigenvalue weighted by molar-refractivity contribution is -0.147. The molecule has 5 nitrogen and oxygen atoms in total. The lowest BCUT2D eigenvalue weighted by Crippen LogP contribution is -2.21. The second kappa shape index (κ2) is 4.41. The Morgan fingerprint density at radius 1 is 1.40 bits per heavy atom. The van der Waals surface area contributed by atoms with E-state index in [1.165, 1.54) is 13.2 Å². The van der Waals surface area contributed by atoms with Gasteiger partial charge >= 0.3 is 11.9 Å². The molecule has 0 saturated heterocycles. The van der Waals surface area contributed by atoms with Gasteiger partial charge in [-0.3, -0.25) is 4.79 Å². The minimum absolute atomic E-state index is 0.0271. The van der Waals surface area contributed by atoms with E-state index in [1.54, 1.807) is 0 Å². The molecule has 1 aromatic rings. The van der Waals surface area contributed by atoms with Crippen molar-refractivity contribution in [3.63, 3.8) is 0 Å². The summed E-state index contributed by atoms with van der Waals surface area (Å²) in [6, 6.07) is 3.41. The number of ether oxygens (including phenoxy) is 1. The van der Waals surface area contributed by atoms with E-state index >= 15 is 0 Å². The highest BCUT2D eigenvalue weighted by molar-refractivity contribution is 6.36. The number of carbonyl (C=O) groups excluding carboxylic acids is 1. The molecule has 2 N–H and O–H groups in total. The number of carboxylic acid groups (broad SMARTS) is 1. The van der Waals surface area contributed by atoms with Crippen molar-refractivity contribution < 1.29 is 23.8 Å². The highest BCUT2D eigenvalue weighted by Crippen LogP contribution is 2.19. The van der Waals surface area contributed by atoms with E-state index in [-0.39, 0.29) is 11.4 Å². The number of halogens is 1. The summed E-state index contributed by atoms with van der Waals surface area (Å²) in [5, 5.41) is 10.3. The lowest BCUT2D eigenvalue weighted by atomic mass is 10.3. The number of rotatable bonds is 2. The van der Waals surface area contributed by atoms with E-state index in [4.69, 9.17) is 9.84 Å². The average Bonchev–Trinajstić information content (AvgIpc) is 2.16. The van der Waals surface area contributed by atoms with E-state index in [2.05, 4.69) is 0 Å². The summed E-state index contributed by atoms with van der Waals surface area (Å²) in [6.45, 7) is 0. The predicted octanol–water partition coefficient (Wildman–Crippen LogP) is 0.857. The molecule has 15 heavy (non-hydrogen) atoms. The van der Waals surface area contributed by atoms with Gasteiger partial charge in [0.25, 0.3) is 0 Å². The lowest BCUT2D eigenvalue weighted by Gasteiger charge is -2.05. The molecule has 80 valence electrons. The summed E-state index contributed by atoms with van der Waals surface area (Å²) in [4.78, 5) is 21.0. The number of amides is 1. The van der Waals surface area contributed by atoms with E-state index < -0.39 is 17.7 Å². The molecule has 0 atom stereocenters. The first-order valence-electron chi connectivity index (χ1n) is 3.92. The molecular weight excluding hydrogens is 205 g/mol. The SMILES string of the molecule is COc1cc(F)cc(NC(=O)C(=O)O)c1. The Hall–Kier alpha value is -2.11. The quantitative estimate of drug-likeness (QED) is 0.714. The van der Waals surface area contributed by atoms with Crippen LogP contribution in [0.5, 0.6) is 5.75 Å². The van der Waals surface area contributed by atoms with Gasteiger partial charge in [-0.2, -0.15) is 0 Å². The van der Waals surface area contributed by atoms with Crippen molar-refractivity contribution in [1.82, 2.24) is 0 Å². The highest BCUT2D eigenvalue weighted by Gasteiger charge is 2.12. The summed E-state index contributed by atoms with van der Waals surface area (Å²) >= 11 is 0. The van der Waals surface area contributed by atoms with Crippen LogP contribution in [0.4, 0.5) is 10.1 Å². The topological polar surface area (TPSA) is 75.6 Å². The van der Waals surface area contributed by atoms with Gasteiger partial charge in [-0.05, 0) is 6.07 Å². The van der Waals surface area contributed by atoms with Crippen LogP contribution in [0.15, 0.2) is 18.2 Å². The molecule has 0 unspecified atom stereocenters. The third-order valence-electron chi connectivity index (χ3n) is 1.56. The Kier molecular flexibility index (Phi) is 3.22. The van der Waals surface area contributed by atoms with Gasteiger partial charge in [0.15, 0.2) is 0 Å². The van der Waals surface area contributed by atoms with Crippen LogP contribution >= 0.6 is 0 Å². The fourth-order valence-electron chi connectivity index (χ4n) is 0.937. The molecule has 0 fully saturated rings. The number of carbonyl (C=O) groups is 2. The Bertz CT molecular complexity index is 405. The van der Waals surface area contributed by atoms with E-state index in [1.807, 2.05) is 5.32 Å². The zero-order chi connectivity index (χ0) is 11.4. The second-order valence-electron chi connectivity index (χ2n) is 2.64. The second-order valence-corrected chi connectivity index (χ2v) is 2.64. The molecule has 0 aliphatic heterocycles. The highest BCUT2D eigenvalue weighted by atomic mass is 19.1. The minimum Gasteiger partial charge on any atom is -0.497 e. The maximum atomic E-state index is 12.9. The molecule has 0 saturated carbocycles. The van der Waals surface area contributed by atoms with Crippen molar-refractivity contribution in [1.29, 1.82) is 0 Å². The van der Waals surface area contributed by atoms with Crippen LogP contribution in [0.2, 0.25) is 0 Å². The molecule has 0 heterocycles. The Morgan fingerprint density at radius 3 is 2.60 bits per heavy atom. The normalized spacial score (nSPS) is 9.47. The number of carboxylic acids is 1. The summed E-state index contributed by atoms with van der Waals surface area (Å²) in [6.07, 6.45) is 0. The molecular formula is C9H8FNO4. The first-order chi connectivity index (χ1) is 7.02. The number of benzene rings is 1. The maximum Gasteiger partial charge on any atom is 0.394 e. The molecule has 6 heteroatoms. The number of hydrogen-bond acceptors (Lipinski definition) is 3. The Balaban J connectivity index is 2.90. The monoisotopic (exact) mass is 213 g/mol. The Morgan fingerprint density at radius 2 is 2.07 bits per heavy atom. The van der Waals surface area contributed by atoms with Gasteiger partial charge in [-0.1, -0.05) is 0 Å². The fourth-order valence-corrected chi connectivity index (χ4v) is 0.937. The largest absolute Gasteiger partial charge is 0.497 e. The summed E-state index contributed by atoms with van der Waals surface area (Å²) in [5.41, 5.74) is 0.0271. The summed E-state index contributed by atoms with van der Waals surface area (Å²) in [7, 11) is 1.33. The van der Waals surface area contributed by atoms with Gasteiger partial charge < -0.3 is 15.2 Å². The van der Waals surface area contributed by atoms with Gasteiger partial charge in [0.05, 0.1) is 7.11 Å². The van der Waals surface area contributed by atoms with E-state index in [0.717, 1.165) is 12.1 Å². The van der Waals surface area contributed by atoms with Crippen molar-refractivity contribution in [2.24, 2.45) is 0 Å². The molecule has 1 amide bonds. The third-order valence-corrected chi connectivity index (χ3v) is 1.56. The van der Waals surface area contributed by atoms with Crippen molar-refractivity contribution in [3.8, 4) is 5.75 Å². The average molecular weight is 213 g/mol. The number of methoxy groups -OCH3 is 1. The number of anilines is 1. The first kappa shape index (κ1) is 11.0. The number of aliphatic carboxylic acids is 1. The molecule has 0 aliphatic rings. The number of nitrogens with one attached hydrogen (secondary N) is 1. The molecule has 0 bridgehead atoms. The van der Waals surface area contributed by atoms with Crippen molar-refractivity contribution in [2.75, 3.05) is 12.4 Å². The van der Waals surface area contributed by atoms with Crippen LogP contribution in [0.25, 0.3) is 0 Å². The molecule has 0 radical (unpaired) electrons. The van der Waals surface area contributed by atoms with Gasteiger partial charge in [-0.25, -0.2) is 9.18 Å². The van der Waals surface area contributed by atoms with Gasteiger partial charge in [0.1, 0.15) is 11.6 Å². The van der Waals surface area contributed by atoms with Crippen molar-refractivity contribution >= 4 is 17.6 Å². The van der Waals surface area contributed by atoms with Gasteiger partial charge in [0.2, 0.25) is 0 Å². The molecule has 0 aromatic heterocycles. The van der Waals surface area contributed by atoms with Crippen LogP contribution in [0.3, 0.4) is 0 Å². The summed E-state index contributed by atoms with van der Waals surface area (Å²) < 4.78 is 17.6. The van der Waals surface area contributed by atoms with Crippen molar-refractivity contribution in [2.45, 2.75) is 0 Å². The standard InChI is InChI=1S/C9H8FNO4/c1-15-7-3-5(10)2-6(4-7)11-8(12)9(13)14/h2-4H,1H3,(H,11,12)(H,13,14). The van der Waals surface area contributed by atoms with Crippen molar-refractivity contribution in [3.05, 3.63) is 24.0 Å². The molecule has 1 rings (SSSR count). The van der Waals surface area contributed by atoms with Crippen LogP contribution < -0.4 is 10.1 Å². The van der Waals surface area contributed by atoms with Crippen LogP contribution in [-0.2, 0) is 9.59 Å².